The largest absolute Gasteiger partial charge is 0.378 e. The monoisotopic (exact) mass is 483 g/mol. The summed E-state index contributed by atoms with van der Waals surface area (Å²) < 4.78 is 5.64. The Hall–Kier alpha value is -3.73. The Morgan fingerprint density at radius 1 is 1.11 bits per heavy atom. The van der Waals surface area contributed by atoms with E-state index in [0.717, 1.165) is 49.2 Å². The summed E-state index contributed by atoms with van der Waals surface area (Å²) in [6.45, 7) is 4.59. The minimum absolute atomic E-state index is 0.0582. The quantitative estimate of drug-likeness (QED) is 0.467. The number of carbonyl (C=O) groups is 1. The number of carbonyl (C=O) groups excluding carboxylic acids is 1. The summed E-state index contributed by atoms with van der Waals surface area (Å²) >= 11 is 0. The summed E-state index contributed by atoms with van der Waals surface area (Å²) in [6.07, 6.45) is 4.50. The molecule has 1 aliphatic heterocycles. The molecule has 7 nitrogen and oxygen atoms in total. The number of nitrogens with one attached hydrogen (secondary N) is 2. The number of rotatable bonds is 9. The van der Waals surface area contributed by atoms with Crippen molar-refractivity contribution in [2.24, 2.45) is 0 Å². The van der Waals surface area contributed by atoms with E-state index in [1.54, 1.807) is 7.11 Å². The lowest BCUT2D eigenvalue weighted by molar-refractivity contribution is -0.118. The number of aromatic nitrogens is 1. The van der Waals surface area contributed by atoms with Gasteiger partial charge in [0.25, 0.3) is 0 Å². The van der Waals surface area contributed by atoms with Gasteiger partial charge >= 0.3 is 0 Å². The van der Waals surface area contributed by atoms with E-state index in [-0.39, 0.29) is 11.5 Å². The van der Waals surface area contributed by atoms with Gasteiger partial charge in [-0.3, -0.25) is 4.79 Å². The van der Waals surface area contributed by atoms with E-state index < -0.39 is 6.04 Å². The van der Waals surface area contributed by atoms with Crippen molar-refractivity contribution in [3.05, 3.63) is 89.6 Å². The maximum absolute atomic E-state index is 13.3. The Balaban J connectivity index is 1.37. The van der Waals surface area contributed by atoms with Gasteiger partial charge in [-0.25, -0.2) is 4.98 Å². The molecule has 2 aromatic carbocycles. The Morgan fingerprint density at radius 3 is 2.44 bits per heavy atom. The van der Waals surface area contributed by atoms with Crippen LogP contribution in [0.3, 0.4) is 0 Å². The number of anilines is 2. The van der Waals surface area contributed by atoms with E-state index in [4.69, 9.17) is 10.00 Å². The number of benzene rings is 2. The molecule has 36 heavy (non-hydrogen) atoms. The highest BCUT2D eigenvalue weighted by Gasteiger charge is 2.30. The lowest BCUT2D eigenvalue weighted by Gasteiger charge is -2.39. The molecule has 1 atom stereocenters. The second-order valence-electron chi connectivity index (χ2n) is 9.39. The lowest BCUT2D eigenvalue weighted by atomic mass is 9.93. The molecule has 1 amide bonds. The highest BCUT2D eigenvalue weighted by Crippen LogP contribution is 2.28. The average molecular weight is 484 g/mol. The van der Waals surface area contributed by atoms with Crippen molar-refractivity contribution >= 4 is 17.4 Å². The molecule has 1 fully saturated rings. The van der Waals surface area contributed by atoms with Crippen molar-refractivity contribution < 1.29 is 9.53 Å². The minimum Gasteiger partial charge on any atom is -0.378 e. The third kappa shape index (κ3) is 6.48. The van der Waals surface area contributed by atoms with Crippen molar-refractivity contribution in [1.82, 2.24) is 10.3 Å². The maximum atomic E-state index is 13.3. The molecule has 0 radical (unpaired) electrons. The van der Waals surface area contributed by atoms with Gasteiger partial charge in [0.05, 0.1) is 29.1 Å². The van der Waals surface area contributed by atoms with Crippen molar-refractivity contribution in [1.29, 1.82) is 5.26 Å². The van der Waals surface area contributed by atoms with E-state index in [1.807, 2.05) is 72.9 Å². The van der Waals surface area contributed by atoms with Crippen LogP contribution in [0.2, 0.25) is 0 Å². The number of nitrogens with zero attached hydrogens (tertiary/aromatic N) is 3. The van der Waals surface area contributed by atoms with Crippen LogP contribution in [0.4, 0.5) is 11.5 Å². The van der Waals surface area contributed by atoms with Gasteiger partial charge in [0.2, 0.25) is 5.91 Å². The lowest BCUT2D eigenvalue weighted by Crippen LogP contribution is -2.43. The van der Waals surface area contributed by atoms with Crippen LogP contribution >= 0.6 is 0 Å². The summed E-state index contributed by atoms with van der Waals surface area (Å²) in [7, 11) is 1.78. The average Bonchev–Trinajstić information content (AvgIpc) is 2.93. The van der Waals surface area contributed by atoms with Crippen LogP contribution in [0.25, 0.3) is 0 Å². The smallest absolute Gasteiger partial charge is 0.247 e. The molecule has 0 unspecified atom stereocenters. The molecule has 0 bridgehead atoms. The summed E-state index contributed by atoms with van der Waals surface area (Å²) in [4.78, 5) is 20.1. The van der Waals surface area contributed by atoms with Gasteiger partial charge in [-0.15, -0.1) is 0 Å². The number of methoxy groups -OCH3 is 1. The fraction of sp³-hybridized carbons (Fsp3) is 0.345. The summed E-state index contributed by atoms with van der Waals surface area (Å²) in [5.74, 6) is 0.368. The van der Waals surface area contributed by atoms with E-state index >= 15 is 0 Å². The summed E-state index contributed by atoms with van der Waals surface area (Å²) in [5, 5.41) is 15.3. The third-order valence-corrected chi connectivity index (χ3v) is 6.92. The van der Waals surface area contributed by atoms with Crippen molar-refractivity contribution in [2.75, 3.05) is 37.0 Å². The van der Waals surface area contributed by atoms with E-state index in [2.05, 4.69) is 33.5 Å². The minimum atomic E-state index is -0.514. The number of hydrogen-bond acceptors (Lipinski definition) is 6. The molecule has 186 valence electrons. The number of amides is 1. The molecule has 4 rings (SSSR count). The number of pyridine rings is 1. The number of hydrogen-bond donors (Lipinski definition) is 2. The molecule has 0 saturated carbocycles. The van der Waals surface area contributed by atoms with Crippen LogP contribution in [-0.4, -0.2) is 43.2 Å². The first-order valence-corrected chi connectivity index (χ1v) is 12.3. The molecule has 2 N–H and O–H groups in total. The number of piperidine rings is 1. The van der Waals surface area contributed by atoms with Gasteiger partial charge in [-0.1, -0.05) is 42.5 Å². The third-order valence-electron chi connectivity index (χ3n) is 6.92. The molecule has 1 aromatic heterocycles. The first-order chi connectivity index (χ1) is 17.5. The SMILES string of the molecule is COC1(C)CCN(c2ccc(NC(=O)[C@H](NCCc3ccc(C#N)cc3)c3ccccc3)nc2)CC1. The first-order valence-electron chi connectivity index (χ1n) is 12.3. The molecule has 0 aliphatic carbocycles. The van der Waals surface area contributed by atoms with Gasteiger partial charge < -0.3 is 20.3 Å². The predicted octanol–water partition coefficient (Wildman–Crippen LogP) is 4.47. The number of ether oxygens (including phenoxy) is 1. The van der Waals surface area contributed by atoms with Gasteiger partial charge in [0.15, 0.2) is 0 Å². The van der Waals surface area contributed by atoms with Crippen LogP contribution < -0.4 is 15.5 Å². The zero-order valence-electron chi connectivity index (χ0n) is 20.9. The van der Waals surface area contributed by atoms with Gasteiger partial charge in [-0.05, 0) is 61.6 Å². The molecule has 7 heteroatoms. The standard InChI is InChI=1S/C29H33N5O2/c1-29(36-2)15-18-34(19-16-29)25-12-13-26(32-21-25)33-28(35)27(24-6-4-3-5-7-24)31-17-14-22-8-10-23(20-30)11-9-22/h3-13,21,27,31H,14-19H2,1-2H3,(H,32,33,35)/t27-/m1/s1. The molecular weight excluding hydrogens is 450 g/mol. The van der Waals surface area contributed by atoms with Crippen LogP contribution in [0, 0.1) is 11.3 Å². The fourth-order valence-electron chi connectivity index (χ4n) is 4.40. The fourth-order valence-corrected chi connectivity index (χ4v) is 4.40. The molecule has 2 heterocycles. The summed E-state index contributed by atoms with van der Waals surface area (Å²) in [6, 6.07) is 22.7. The molecule has 3 aromatic rings. The Morgan fingerprint density at radius 2 is 1.83 bits per heavy atom. The second kappa shape index (κ2) is 11.8. The molecule has 1 saturated heterocycles. The molecular formula is C29H33N5O2. The highest BCUT2D eigenvalue weighted by atomic mass is 16.5. The van der Waals surface area contributed by atoms with E-state index in [9.17, 15) is 4.79 Å². The molecule has 1 aliphatic rings. The van der Waals surface area contributed by atoms with Crippen molar-refractivity contribution in [3.63, 3.8) is 0 Å². The zero-order valence-corrected chi connectivity index (χ0v) is 20.9. The van der Waals surface area contributed by atoms with Gasteiger partial charge in [0.1, 0.15) is 11.9 Å². The molecule has 0 spiro atoms. The maximum Gasteiger partial charge on any atom is 0.247 e. The first kappa shape index (κ1) is 25.4. The second-order valence-corrected chi connectivity index (χ2v) is 9.39. The van der Waals surface area contributed by atoms with Gasteiger partial charge in [-0.2, -0.15) is 5.26 Å². The van der Waals surface area contributed by atoms with Crippen LogP contribution in [0.15, 0.2) is 72.9 Å². The number of nitriles is 1. The van der Waals surface area contributed by atoms with Crippen molar-refractivity contribution in [2.45, 2.75) is 37.8 Å². The van der Waals surface area contributed by atoms with Crippen LogP contribution in [-0.2, 0) is 16.0 Å². The highest BCUT2D eigenvalue weighted by molar-refractivity contribution is 5.94. The van der Waals surface area contributed by atoms with Crippen LogP contribution in [0.5, 0.6) is 0 Å². The topological polar surface area (TPSA) is 90.3 Å². The predicted molar refractivity (Wildman–Crippen MR) is 142 cm³/mol. The Kier molecular flexibility index (Phi) is 8.32. The summed E-state index contributed by atoms with van der Waals surface area (Å²) in [5.41, 5.74) is 3.62. The van der Waals surface area contributed by atoms with Gasteiger partial charge in [0, 0.05) is 26.7 Å². The Bertz CT molecular complexity index is 1170. The van der Waals surface area contributed by atoms with Crippen LogP contribution in [0.1, 0.15) is 42.5 Å². The van der Waals surface area contributed by atoms with E-state index in [0.29, 0.717) is 17.9 Å². The normalized spacial score (nSPS) is 15.6. The Labute approximate surface area is 213 Å². The van der Waals surface area contributed by atoms with E-state index in [1.165, 1.54) is 0 Å². The van der Waals surface area contributed by atoms with Crippen molar-refractivity contribution in [3.8, 4) is 6.07 Å². The zero-order chi connectivity index (χ0) is 25.4.